The molecule has 0 saturated carbocycles. The van der Waals surface area contributed by atoms with Crippen LogP contribution in [0, 0.1) is 0 Å². The minimum Gasteiger partial charge on any atom is -0.508 e. The van der Waals surface area contributed by atoms with E-state index in [1.807, 2.05) is 12.1 Å². The molecule has 2 aromatic rings. The second-order valence-corrected chi connectivity index (χ2v) is 8.24. The Morgan fingerprint density at radius 3 is 1.68 bits per heavy atom. The van der Waals surface area contributed by atoms with E-state index in [0.29, 0.717) is 5.75 Å². The summed E-state index contributed by atoms with van der Waals surface area (Å²) in [5.41, 5.74) is 3.84. The summed E-state index contributed by atoms with van der Waals surface area (Å²) in [6, 6.07) is 16.3. The van der Waals surface area contributed by atoms with Crippen LogP contribution in [0.15, 0.2) is 48.5 Å². The Balaban J connectivity index is 1.51. The number of phenolic OH excluding ortho intramolecular Hbond substituents is 1. The molecule has 0 aromatic heterocycles. The highest BCUT2D eigenvalue weighted by Crippen LogP contribution is 2.23. The molecule has 0 spiro atoms. The summed E-state index contributed by atoms with van der Waals surface area (Å²) in [5.74, 6) is 0.326. The average molecular weight is 381 g/mol. The summed E-state index contributed by atoms with van der Waals surface area (Å²) in [5, 5.41) is 9.45. The Labute approximate surface area is 173 Å². The fourth-order valence-corrected chi connectivity index (χ4v) is 3.91. The standard InChI is InChI=1S/C27H40O/c1-2-3-4-5-6-7-8-9-10-11-12-13-14-16-24-17-15-18-26(23-24)25-19-21-27(28)22-20-25/h15,17-23,28H,2-14,16H2,1H3. The van der Waals surface area contributed by atoms with Gasteiger partial charge in [-0.15, -0.1) is 0 Å². The predicted octanol–water partition coefficient (Wildman–Crippen LogP) is 8.69. The molecule has 0 amide bonds. The summed E-state index contributed by atoms with van der Waals surface area (Å²) in [4.78, 5) is 0. The highest BCUT2D eigenvalue weighted by atomic mass is 16.3. The molecule has 0 aliphatic heterocycles. The number of aryl methyl sites for hydroxylation is 1. The van der Waals surface area contributed by atoms with E-state index in [2.05, 4.69) is 31.2 Å². The molecule has 0 radical (unpaired) electrons. The van der Waals surface area contributed by atoms with Gasteiger partial charge in [-0.25, -0.2) is 0 Å². The summed E-state index contributed by atoms with van der Waals surface area (Å²) in [6.07, 6.45) is 19.4. The van der Waals surface area contributed by atoms with Gasteiger partial charge in [0.05, 0.1) is 0 Å². The predicted molar refractivity (Wildman–Crippen MR) is 123 cm³/mol. The first-order chi connectivity index (χ1) is 13.8. The zero-order valence-corrected chi connectivity index (χ0v) is 18.0. The van der Waals surface area contributed by atoms with E-state index in [1.165, 1.54) is 107 Å². The number of phenols is 1. The summed E-state index contributed by atoms with van der Waals surface area (Å²) in [6.45, 7) is 2.29. The highest BCUT2D eigenvalue weighted by Gasteiger charge is 2.00. The topological polar surface area (TPSA) is 20.2 Å². The maximum absolute atomic E-state index is 9.45. The number of rotatable bonds is 15. The number of hydrogen-bond acceptors (Lipinski definition) is 1. The number of benzene rings is 2. The quantitative estimate of drug-likeness (QED) is 0.306. The van der Waals surface area contributed by atoms with Gasteiger partial charge >= 0.3 is 0 Å². The number of unbranched alkanes of at least 4 members (excludes halogenated alkanes) is 12. The van der Waals surface area contributed by atoms with Crippen molar-refractivity contribution in [1.82, 2.24) is 0 Å². The zero-order valence-electron chi connectivity index (χ0n) is 18.0. The Morgan fingerprint density at radius 2 is 1.11 bits per heavy atom. The van der Waals surface area contributed by atoms with Crippen LogP contribution >= 0.6 is 0 Å². The second-order valence-electron chi connectivity index (χ2n) is 8.24. The lowest BCUT2D eigenvalue weighted by Gasteiger charge is -2.06. The van der Waals surface area contributed by atoms with Crippen LogP contribution in [-0.2, 0) is 6.42 Å². The van der Waals surface area contributed by atoms with Gasteiger partial charge in [0.2, 0.25) is 0 Å². The zero-order chi connectivity index (χ0) is 19.9. The van der Waals surface area contributed by atoms with Crippen LogP contribution < -0.4 is 0 Å². The fraction of sp³-hybridized carbons (Fsp3) is 0.556. The van der Waals surface area contributed by atoms with Crippen molar-refractivity contribution in [2.24, 2.45) is 0 Å². The molecule has 1 heteroatoms. The highest BCUT2D eigenvalue weighted by molar-refractivity contribution is 5.64. The van der Waals surface area contributed by atoms with Gasteiger partial charge in [-0.2, -0.15) is 0 Å². The third-order valence-electron chi connectivity index (χ3n) is 5.70. The van der Waals surface area contributed by atoms with Crippen molar-refractivity contribution in [3.8, 4) is 16.9 Å². The van der Waals surface area contributed by atoms with Gasteiger partial charge in [0.25, 0.3) is 0 Å². The van der Waals surface area contributed by atoms with Crippen LogP contribution in [0.2, 0.25) is 0 Å². The molecule has 28 heavy (non-hydrogen) atoms. The second kappa shape index (κ2) is 14.3. The largest absolute Gasteiger partial charge is 0.508 e. The van der Waals surface area contributed by atoms with E-state index in [4.69, 9.17) is 0 Å². The van der Waals surface area contributed by atoms with Crippen LogP contribution in [0.4, 0.5) is 0 Å². The molecule has 2 rings (SSSR count). The molecule has 0 saturated heterocycles. The molecular weight excluding hydrogens is 340 g/mol. The molecule has 0 bridgehead atoms. The van der Waals surface area contributed by atoms with E-state index in [0.717, 1.165) is 0 Å². The van der Waals surface area contributed by atoms with Gasteiger partial charge in [-0.1, -0.05) is 120 Å². The van der Waals surface area contributed by atoms with Gasteiger partial charge in [-0.3, -0.25) is 0 Å². The van der Waals surface area contributed by atoms with Gasteiger partial charge < -0.3 is 5.11 Å². The minimum atomic E-state index is 0.326. The smallest absolute Gasteiger partial charge is 0.115 e. The summed E-state index contributed by atoms with van der Waals surface area (Å²) < 4.78 is 0. The summed E-state index contributed by atoms with van der Waals surface area (Å²) >= 11 is 0. The van der Waals surface area contributed by atoms with Crippen molar-refractivity contribution in [2.45, 2.75) is 96.8 Å². The van der Waals surface area contributed by atoms with Crippen LogP contribution in [0.1, 0.15) is 96.0 Å². The van der Waals surface area contributed by atoms with Gasteiger partial charge in [0.15, 0.2) is 0 Å². The van der Waals surface area contributed by atoms with Crippen molar-refractivity contribution < 1.29 is 5.11 Å². The van der Waals surface area contributed by atoms with Crippen LogP contribution in [0.5, 0.6) is 5.75 Å². The first kappa shape index (κ1) is 22.5. The normalized spacial score (nSPS) is 11.0. The van der Waals surface area contributed by atoms with Crippen molar-refractivity contribution >= 4 is 0 Å². The van der Waals surface area contributed by atoms with E-state index in [9.17, 15) is 5.11 Å². The first-order valence-corrected chi connectivity index (χ1v) is 11.7. The van der Waals surface area contributed by atoms with Crippen molar-refractivity contribution in [1.29, 1.82) is 0 Å². The molecule has 0 unspecified atom stereocenters. The molecule has 0 fully saturated rings. The first-order valence-electron chi connectivity index (χ1n) is 11.7. The SMILES string of the molecule is CCCCCCCCCCCCCCCc1cccc(-c2ccc(O)cc2)c1. The lowest BCUT2D eigenvalue weighted by Crippen LogP contribution is -1.88. The molecule has 0 heterocycles. The van der Waals surface area contributed by atoms with Crippen molar-refractivity contribution in [3.63, 3.8) is 0 Å². The number of hydrogen-bond donors (Lipinski definition) is 1. The van der Waals surface area contributed by atoms with Gasteiger partial charge in [0, 0.05) is 0 Å². The molecular formula is C27H40O. The monoisotopic (exact) mass is 380 g/mol. The lowest BCUT2D eigenvalue weighted by molar-refractivity contribution is 0.475. The van der Waals surface area contributed by atoms with E-state index < -0.39 is 0 Å². The maximum atomic E-state index is 9.45. The molecule has 0 aliphatic carbocycles. The van der Waals surface area contributed by atoms with Crippen molar-refractivity contribution in [3.05, 3.63) is 54.1 Å². The molecule has 1 N–H and O–H groups in total. The molecule has 1 nitrogen and oxygen atoms in total. The van der Waals surface area contributed by atoms with E-state index >= 15 is 0 Å². The molecule has 154 valence electrons. The Kier molecular flexibility index (Phi) is 11.5. The molecule has 2 aromatic carbocycles. The summed E-state index contributed by atoms with van der Waals surface area (Å²) in [7, 11) is 0. The van der Waals surface area contributed by atoms with Crippen LogP contribution in [-0.4, -0.2) is 5.11 Å². The molecule has 0 atom stereocenters. The average Bonchev–Trinajstić information content (AvgIpc) is 2.72. The van der Waals surface area contributed by atoms with Gasteiger partial charge in [0.1, 0.15) is 5.75 Å². The maximum Gasteiger partial charge on any atom is 0.115 e. The third kappa shape index (κ3) is 9.44. The minimum absolute atomic E-state index is 0.326. The van der Waals surface area contributed by atoms with Crippen molar-refractivity contribution in [2.75, 3.05) is 0 Å². The number of aromatic hydroxyl groups is 1. The van der Waals surface area contributed by atoms with Crippen LogP contribution in [0.25, 0.3) is 11.1 Å². The Bertz CT molecular complexity index is 629. The third-order valence-corrected chi connectivity index (χ3v) is 5.70. The Morgan fingerprint density at radius 1 is 0.571 bits per heavy atom. The van der Waals surface area contributed by atoms with Gasteiger partial charge in [-0.05, 0) is 41.7 Å². The fourth-order valence-electron chi connectivity index (χ4n) is 3.91. The van der Waals surface area contributed by atoms with E-state index in [1.54, 1.807) is 12.1 Å². The Hall–Kier alpha value is -1.76. The van der Waals surface area contributed by atoms with E-state index in [-0.39, 0.29) is 0 Å². The lowest BCUT2D eigenvalue weighted by atomic mass is 9.99. The van der Waals surface area contributed by atoms with Crippen LogP contribution in [0.3, 0.4) is 0 Å². The molecule has 0 aliphatic rings.